The Morgan fingerprint density at radius 2 is 1.19 bits per heavy atom. The first-order valence-electron chi connectivity index (χ1n) is 18.5. The minimum absolute atomic E-state index is 0.0843. The van der Waals surface area contributed by atoms with Crippen molar-refractivity contribution in [3.8, 4) is 11.5 Å². The lowest BCUT2D eigenvalue weighted by Crippen LogP contribution is -2.21. The quantitative estimate of drug-likeness (QED) is 0.0584. The van der Waals surface area contributed by atoms with Crippen molar-refractivity contribution in [2.45, 2.75) is 168 Å². The summed E-state index contributed by atoms with van der Waals surface area (Å²) in [5.74, 6) is -0.500. The molecule has 5 nitrogen and oxygen atoms in total. The maximum absolute atomic E-state index is 13.2. The summed E-state index contributed by atoms with van der Waals surface area (Å²) < 4.78 is 11.5. The second kappa shape index (κ2) is 18.6. The molecule has 0 radical (unpaired) electrons. The van der Waals surface area contributed by atoms with Crippen molar-refractivity contribution in [1.82, 2.24) is 0 Å². The number of carbonyl (C=O) groups is 3. The molecule has 1 atom stereocenters. The van der Waals surface area contributed by atoms with E-state index in [0.717, 1.165) is 41.5 Å². The highest BCUT2D eigenvalue weighted by molar-refractivity contribution is 6.37. The number of hydrogen-bond donors (Lipinski definition) is 0. The van der Waals surface area contributed by atoms with Crippen LogP contribution in [-0.2, 0) is 25.2 Å². The summed E-state index contributed by atoms with van der Waals surface area (Å²) in [6, 6.07) is 11.5. The van der Waals surface area contributed by atoms with E-state index < -0.39 is 11.7 Å². The molecule has 0 bridgehead atoms. The SMILES string of the molecule is CCCCCCCCCCCCCCCCCC(=O)C(=O)COc1ccc(C2C(=O)Oc3c2cc(C(C)(C)C)cc3C(C)(C)C)cc1. The molecule has 5 heteroatoms. The third-order valence-corrected chi connectivity index (χ3v) is 9.44. The van der Waals surface area contributed by atoms with E-state index in [1.807, 2.05) is 12.1 Å². The van der Waals surface area contributed by atoms with Gasteiger partial charge in [-0.05, 0) is 40.5 Å². The minimum atomic E-state index is -0.527. The topological polar surface area (TPSA) is 69.7 Å². The molecule has 0 aromatic heterocycles. The number of esters is 1. The van der Waals surface area contributed by atoms with Crippen molar-refractivity contribution in [3.05, 3.63) is 58.7 Å². The lowest BCUT2D eigenvalue weighted by molar-refractivity contribution is -0.137. The number of benzene rings is 2. The zero-order valence-electron chi connectivity index (χ0n) is 30.6. The van der Waals surface area contributed by atoms with Gasteiger partial charge in [0.2, 0.25) is 11.6 Å². The van der Waals surface area contributed by atoms with Crippen molar-refractivity contribution < 1.29 is 23.9 Å². The van der Waals surface area contributed by atoms with Crippen LogP contribution in [0.4, 0.5) is 0 Å². The highest BCUT2D eigenvalue weighted by atomic mass is 16.5. The fraction of sp³-hybridized carbons (Fsp3) is 0.643. The molecule has 0 saturated carbocycles. The van der Waals surface area contributed by atoms with Crippen LogP contribution in [0.25, 0.3) is 0 Å². The van der Waals surface area contributed by atoms with Crippen LogP contribution in [0.3, 0.4) is 0 Å². The molecule has 0 spiro atoms. The second-order valence-corrected chi connectivity index (χ2v) is 15.7. The normalized spacial score (nSPS) is 14.6. The van der Waals surface area contributed by atoms with E-state index in [2.05, 4.69) is 60.6 Å². The fourth-order valence-corrected chi connectivity index (χ4v) is 6.35. The van der Waals surface area contributed by atoms with Gasteiger partial charge in [-0.15, -0.1) is 0 Å². The maximum Gasteiger partial charge on any atom is 0.323 e. The first-order valence-corrected chi connectivity index (χ1v) is 18.5. The maximum atomic E-state index is 13.2. The highest BCUT2D eigenvalue weighted by Gasteiger charge is 2.39. The van der Waals surface area contributed by atoms with Gasteiger partial charge in [0.25, 0.3) is 0 Å². The number of fused-ring (bicyclic) bond motifs is 1. The first-order chi connectivity index (χ1) is 22.3. The van der Waals surface area contributed by atoms with E-state index in [-0.39, 0.29) is 35.6 Å². The number of Topliss-reactive ketones (excluding diaryl/α,β-unsaturated/α-hetero) is 2. The number of ether oxygens (including phenoxy) is 2. The molecule has 1 unspecified atom stereocenters. The van der Waals surface area contributed by atoms with Crippen LogP contribution >= 0.6 is 0 Å². The number of rotatable bonds is 21. The summed E-state index contributed by atoms with van der Waals surface area (Å²) in [5, 5.41) is 0. The van der Waals surface area contributed by atoms with Gasteiger partial charge >= 0.3 is 5.97 Å². The van der Waals surface area contributed by atoms with E-state index in [1.54, 1.807) is 12.1 Å². The molecule has 0 aliphatic carbocycles. The van der Waals surface area contributed by atoms with Gasteiger partial charge in [-0.25, -0.2) is 0 Å². The molecule has 3 rings (SSSR count). The van der Waals surface area contributed by atoms with Gasteiger partial charge in [-0.2, -0.15) is 0 Å². The Hall–Kier alpha value is -2.95. The number of hydrogen-bond acceptors (Lipinski definition) is 5. The van der Waals surface area contributed by atoms with Gasteiger partial charge in [0.1, 0.15) is 17.4 Å². The average molecular weight is 647 g/mol. The Kier molecular flexibility index (Phi) is 15.2. The van der Waals surface area contributed by atoms with Crippen molar-refractivity contribution >= 4 is 17.5 Å². The Bertz CT molecular complexity index is 1290. The van der Waals surface area contributed by atoms with Gasteiger partial charge < -0.3 is 9.47 Å². The molecular weight excluding hydrogens is 584 g/mol. The zero-order valence-corrected chi connectivity index (χ0v) is 30.6. The summed E-state index contributed by atoms with van der Waals surface area (Å²) in [6.45, 7) is 14.9. The third kappa shape index (κ3) is 12.2. The molecule has 2 aromatic rings. The van der Waals surface area contributed by atoms with E-state index in [4.69, 9.17) is 9.47 Å². The van der Waals surface area contributed by atoms with Crippen LogP contribution in [0.15, 0.2) is 36.4 Å². The molecule has 0 saturated heterocycles. The molecule has 0 fully saturated rings. The van der Waals surface area contributed by atoms with Crippen LogP contribution in [0.2, 0.25) is 0 Å². The average Bonchev–Trinajstić information content (AvgIpc) is 3.35. The lowest BCUT2D eigenvalue weighted by Gasteiger charge is -2.27. The largest absolute Gasteiger partial charge is 0.485 e. The molecule has 260 valence electrons. The van der Waals surface area contributed by atoms with Crippen molar-refractivity contribution in [2.24, 2.45) is 0 Å². The van der Waals surface area contributed by atoms with Gasteiger partial charge in [0.15, 0.2) is 6.61 Å². The van der Waals surface area contributed by atoms with E-state index >= 15 is 0 Å². The predicted octanol–water partition coefficient (Wildman–Crippen LogP) is 11.1. The van der Waals surface area contributed by atoms with Crippen LogP contribution in [-0.4, -0.2) is 24.1 Å². The molecular formula is C42H62O5. The monoisotopic (exact) mass is 646 g/mol. The van der Waals surface area contributed by atoms with Crippen molar-refractivity contribution in [3.63, 3.8) is 0 Å². The highest BCUT2D eigenvalue weighted by Crippen LogP contribution is 2.47. The van der Waals surface area contributed by atoms with Crippen molar-refractivity contribution in [2.75, 3.05) is 6.61 Å². The molecule has 1 aliphatic heterocycles. The van der Waals surface area contributed by atoms with E-state index in [0.29, 0.717) is 11.5 Å². The number of ketones is 2. The Morgan fingerprint density at radius 1 is 0.681 bits per heavy atom. The third-order valence-electron chi connectivity index (χ3n) is 9.44. The second-order valence-electron chi connectivity index (χ2n) is 15.7. The van der Waals surface area contributed by atoms with Gasteiger partial charge in [-0.1, -0.05) is 163 Å². The smallest absolute Gasteiger partial charge is 0.323 e. The Morgan fingerprint density at radius 3 is 1.68 bits per heavy atom. The standard InChI is InChI=1S/C42H62O5/c1-8-9-10-11-12-13-14-15-16-17-18-19-20-21-22-23-36(43)37(44)30-46-33-26-24-31(25-27-33)38-34-28-32(41(2,3)4)29-35(42(5,6)7)39(34)47-40(38)45/h24-29,38H,8-23,30H2,1-7H3. The molecule has 47 heavy (non-hydrogen) atoms. The predicted molar refractivity (Wildman–Crippen MR) is 193 cm³/mol. The van der Waals surface area contributed by atoms with Crippen LogP contribution in [0, 0.1) is 0 Å². The van der Waals surface area contributed by atoms with Gasteiger partial charge in [0.05, 0.1) is 0 Å². The van der Waals surface area contributed by atoms with Gasteiger partial charge in [-0.3, -0.25) is 14.4 Å². The zero-order chi connectivity index (χ0) is 34.5. The Labute approximate surface area is 285 Å². The van der Waals surface area contributed by atoms with E-state index in [9.17, 15) is 14.4 Å². The fourth-order valence-electron chi connectivity index (χ4n) is 6.35. The summed E-state index contributed by atoms with van der Waals surface area (Å²) in [4.78, 5) is 38.0. The van der Waals surface area contributed by atoms with Crippen LogP contribution in [0.1, 0.15) is 179 Å². The molecule has 1 aliphatic rings. The molecule has 0 N–H and O–H groups in total. The minimum Gasteiger partial charge on any atom is -0.485 e. The van der Waals surface area contributed by atoms with Crippen LogP contribution in [0.5, 0.6) is 11.5 Å². The lowest BCUT2D eigenvalue weighted by atomic mass is 9.77. The van der Waals surface area contributed by atoms with Crippen molar-refractivity contribution in [1.29, 1.82) is 0 Å². The summed E-state index contributed by atoms with van der Waals surface area (Å²) >= 11 is 0. The summed E-state index contributed by atoms with van der Waals surface area (Å²) in [6.07, 6.45) is 19.3. The van der Waals surface area contributed by atoms with Crippen LogP contribution < -0.4 is 9.47 Å². The summed E-state index contributed by atoms with van der Waals surface area (Å²) in [5.41, 5.74) is 3.62. The van der Waals surface area contributed by atoms with Gasteiger partial charge in [0, 0.05) is 17.5 Å². The Balaban J connectivity index is 1.38. The first kappa shape index (κ1) is 38.5. The molecule has 2 aromatic carbocycles. The molecule has 0 amide bonds. The summed E-state index contributed by atoms with van der Waals surface area (Å²) in [7, 11) is 0. The van der Waals surface area contributed by atoms with E-state index in [1.165, 1.54) is 77.0 Å². The number of unbranched alkanes of at least 4 members (excludes halogenated alkanes) is 14. The molecule has 1 heterocycles. The number of carbonyl (C=O) groups excluding carboxylic acids is 3.